The van der Waals surface area contributed by atoms with Gasteiger partial charge in [-0.25, -0.2) is 4.79 Å². The van der Waals surface area contributed by atoms with Crippen molar-refractivity contribution in [2.45, 2.75) is 30.6 Å². The molecule has 6 heteroatoms. The number of likely N-dealkylation sites (tertiary alicyclic amines) is 1. The quantitative estimate of drug-likeness (QED) is 0.592. The maximum Gasteiger partial charge on any atom is 0.338 e. The van der Waals surface area contributed by atoms with E-state index < -0.39 is 0 Å². The summed E-state index contributed by atoms with van der Waals surface area (Å²) < 4.78 is 22.4. The average molecular weight is 330 g/mol. The predicted octanol–water partition coefficient (Wildman–Crippen LogP) is 0.280. The number of methoxy groups -OCH3 is 1. The number of benzene rings is 1. The third kappa shape index (κ3) is 1.81. The first-order valence-corrected chi connectivity index (χ1v) is 8.37. The first kappa shape index (κ1) is 14.3. The maximum atomic E-state index is 12.6. The van der Waals surface area contributed by atoms with Crippen LogP contribution < -0.4 is 14.4 Å². The number of esters is 1. The van der Waals surface area contributed by atoms with Crippen molar-refractivity contribution < 1.29 is 28.6 Å². The molecular formula is C18H20NO5+. The lowest BCUT2D eigenvalue weighted by molar-refractivity contribution is -0.891. The molecule has 3 aliphatic heterocycles. The molecule has 126 valence electrons. The van der Waals surface area contributed by atoms with Crippen molar-refractivity contribution in [2.75, 3.05) is 27.5 Å². The van der Waals surface area contributed by atoms with Crippen LogP contribution in [0.5, 0.6) is 11.5 Å². The Morgan fingerprint density at radius 2 is 2.04 bits per heavy atom. The lowest BCUT2D eigenvalue weighted by atomic mass is 9.73. The summed E-state index contributed by atoms with van der Waals surface area (Å²) in [4.78, 5) is 14.0. The topological polar surface area (TPSA) is 58.4 Å². The van der Waals surface area contributed by atoms with Crippen LogP contribution in [-0.2, 0) is 9.47 Å². The molecule has 3 heterocycles. The Labute approximate surface area is 139 Å². The molecule has 0 amide bonds. The minimum absolute atomic E-state index is 0.0830. The van der Waals surface area contributed by atoms with Crippen molar-refractivity contribution in [2.24, 2.45) is 0 Å². The highest BCUT2D eigenvalue weighted by molar-refractivity contribution is 5.94. The molecule has 0 radical (unpaired) electrons. The lowest BCUT2D eigenvalue weighted by Gasteiger charge is -2.42. The van der Waals surface area contributed by atoms with Gasteiger partial charge in [-0.3, -0.25) is 0 Å². The summed E-state index contributed by atoms with van der Waals surface area (Å²) in [6.45, 7) is 1.28. The Hall–Kier alpha value is -2.05. The van der Waals surface area contributed by atoms with Crippen molar-refractivity contribution in [1.29, 1.82) is 0 Å². The third-order valence-corrected chi connectivity index (χ3v) is 5.79. The van der Waals surface area contributed by atoms with Gasteiger partial charge in [-0.1, -0.05) is 0 Å². The van der Waals surface area contributed by atoms with Crippen LogP contribution in [0.2, 0.25) is 0 Å². The van der Waals surface area contributed by atoms with E-state index in [2.05, 4.69) is 13.1 Å². The minimum atomic E-state index is -0.306. The summed E-state index contributed by atoms with van der Waals surface area (Å²) in [6, 6.07) is 4.05. The molecule has 4 aliphatic rings. The molecule has 6 nitrogen and oxygen atoms in total. The number of fused-ring (bicyclic) bond motifs is 6. The summed E-state index contributed by atoms with van der Waals surface area (Å²) in [5.41, 5.74) is 3.00. The van der Waals surface area contributed by atoms with E-state index in [9.17, 15) is 4.79 Å². The van der Waals surface area contributed by atoms with Gasteiger partial charge in [0.1, 0.15) is 18.2 Å². The molecule has 1 N–H and O–H groups in total. The van der Waals surface area contributed by atoms with Crippen LogP contribution in [-0.4, -0.2) is 51.7 Å². The molecule has 0 aromatic heterocycles. The average Bonchev–Trinajstić information content (AvgIpc) is 3.19. The van der Waals surface area contributed by atoms with E-state index in [-0.39, 0.29) is 30.9 Å². The second-order valence-corrected chi connectivity index (χ2v) is 6.95. The van der Waals surface area contributed by atoms with Gasteiger partial charge in [-0.05, 0) is 29.3 Å². The Balaban J connectivity index is 1.70. The predicted molar refractivity (Wildman–Crippen MR) is 83.5 cm³/mol. The van der Waals surface area contributed by atoms with Crippen molar-refractivity contribution in [3.63, 3.8) is 0 Å². The molecule has 1 aliphatic carbocycles. The molecule has 0 saturated carbocycles. The number of quaternary nitrogens is 1. The molecule has 5 rings (SSSR count). The number of likely N-dealkylation sites (N-methyl/N-ethyl adjacent to an activating group) is 1. The molecule has 24 heavy (non-hydrogen) atoms. The van der Waals surface area contributed by atoms with Crippen molar-refractivity contribution in [1.82, 2.24) is 0 Å². The SMILES string of the molecule is CO[C@H]1C=C2CC[NH+](C)[C@H]2[C@@H]2c3cc4c(cc3C(=O)O[C@@H]21)OCO4. The number of carbonyl (C=O) groups excluding carboxylic acids is 1. The van der Waals surface area contributed by atoms with Gasteiger partial charge in [0.25, 0.3) is 0 Å². The summed E-state index contributed by atoms with van der Waals surface area (Å²) >= 11 is 0. The minimum Gasteiger partial charge on any atom is -0.455 e. The lowest BCUT2D eigenvalue weighted by Crippen LogP contribution is -3.11. The molecule has 1 saturated heterocycles. The smallest absolute Gasteiger partial charge is 0.338 e. The first-order valence-electron chi connectivity index (χ1n) is 8.37. The van der Waals surface area contributed by atoms with Crippen LogP contribution in [0, 0.1) is 0 Å². The van der Waals surface area contributed by atoms with Gasteiger partial charge in [0.05, 0.1) is 25.1 Å². The van der Waals surface area contributed by atoms with Gasteiger partial charge in [0, 0.05) is 13.5 Å². The van der Waals surface area contributed by atoms with Gasteiger partial charge >= 0.3 is 5.97 Å². The highest BCUT2D eigenvalue weighted by Gasteiger charge is 2.53. The molecular weight excluding hydrogens is 310 g/mol. The van der Waals surface area contributed by atoms with Gasteiger partial charge in [0.2, 0.25) is 6.79 Å². The van der Waals surface area contributed by atoms with Crippen LogP contribution in [0.15, 0.2) is 23.8 Å². The van der Waals surface area contributed by atoms with Gasteiger partial charge in [-0.2, -0.15) is 0 Å². The molecule has 1 aromatic rings. The number of hydrogen-bond donors (Lipinski definition) is 1. The fourth-order valence-corrected chi connectivity index (χ4v) is 4.69. The zero-order valence-corrected chi connectivity index (χ0v) is 13.7. The molecule has 5 atom stereocenters. The fourth-order valence-electron chi connectivity index (χ4n) is 4.69. The monoisotopic (exact) mass is 330 g/mol. The number of nitrogens with one attached hydrogen (secondary N) is 1. The molecule has 0 spiro atoms. The summed E-state index contributed by atoms with van der Waals surface area (Å²) in [5, 5.41) is 0. The van der Waals surface area contributed by atoms with Crippen LogP contribution in [0.4, 0.5) is 0 Å². The highest BCUT2D eigenvalue weighted by atomic mass is 16.7. The zero-order chi connectivity index (χ0) is 16.4. The number of rotatable bonds is 1. The number of hydrogen-bond acceptors (Lipinski definition) is 5. The van der Waals surface area contributed by atoms with E-state index in [0.717, 1.165) is 18.5 Å². The largest absolute Gasteiger partial charge is 0.455 e. The third-order valence-electron chi connectivity index (χ3n) is 5.79. The van der Waals surface area contributed by atoms with Crippen LogP contribution in [0.25, 0.3) is 0 Å². The molecule has 1 aromatic carbocycles. The van der Waals surface area contributed by atoms with E-state index in [1.165, 1.54) is 10.5 Å². The van der Waals surface area contributed by atoms with Gasteiger partial charge < -0.3 is 23.8 Å². The summed E-state index contributed by atoms with van der Waals surface area (Å²) in [5.74, 6) is 1.10. The van der Waals surface area contributed by atoms with E-state index in [1.54, 1.807) is 13.2 Å². The van der Waals surface area contributed by atoms with Crippen molar-refractivity contribution in [3.05, 3.63) is 34.9 Å². The number of ether oxygens (including phenoxy) is 4. The Morgan fingerprint density at radius 1 is 1.25 bits per heavy atom. The van der Waals surface area contributed by atoms with Crippen molar-refractivity contribution in [3.8, 4) is 11.5 Å². The van der Waals surface area contributed by atoms with E-state index in [1.807, 2.05) is 6.07 Å². The molecule has 0 bridgehead atoms. The Kier molecular flexibility index (Phi) is 2.96. The Bertz CT molecular complexity index is 758. The second-order valence-electron chi connectivity index (χ2n) is 6.95. The molecule has 1 unspecified atom stereocenters. The maximum absolute atomic E-state index is 12.6. The van der Waals surface area contributed by atoms with E-state index in [0.29, 0.717) is 23.1 Å². The van der Waals surface area contributed by atoms with Crippen LogP contribution >= 0.6 is 0 Å². The number of carbonyl (C=O) groups is 1. The molecule has 1 fully saturated rings. The fraction of sp³-hybridized carbons (Fsp3) is 0.500. The van der Waals surface area contributed by atoms with Gasteiger partial charge in [-0.15, -0.1) is 0 Å². The standard InChI is InChI=1S/C18H19NO5/c1-19-4-3-9-5-14(21-2)17-15(16(9)19)10-6-12-13(23-8-22-12)7-11(10)18(20)24-17/h5-7,14-17H,3-4,8H2,1-2H3/p+1/t14-,15-,16+,17+/m0/s1. The second kappa shape index (κ2) is 4.97. The van der Waals surface area contributed by atoms with E-state index >= 15 is 0 Å². The summed E-state index contributed by atoms with van der Waals surface area (Å²) in [6.07, 6.45) is 2.73. The van der Waals surface area contributed by atoms with E-state index in [4.69, 9.17) is 18.9 Å². The van der Waals surface area contributed by atoms with Crippen LogP contribution in [0.3, 0.4) is 0 Å². The Morgan fingerprint density at radius 3 is 2.83 bits per heavy atom. The highest BCUT2D eigenvalue weighted by Crippen LogP contribution is 2.46. The first-order chi connectivity index (χ1) is 11.7. The van der Waals surface area contributed by atoms with Crippen molar-refractivity contribution >= 4 is 5.97 Å². The van der Waals surface area contributed by atoms with Crippen LogP contribution in [0.1, 0.15) is 28.3 Å². The van der Waals surface area contributed by atoms with Gasteiger partial charge in [0.15, 0.2) is 11.5 Å². The summed E-state index contributed by atoms with van der Waals surface area (Å²) in [7, 11) is 3.88. The normalized spacial score (nSPS) is 35.7. The zero-order valence-electron chi connectivity index (χ0n) is 13.7.